The number of aliphatic hydroxyl groups is 1. The molecule has 128 valence electrons. The summed E-state index contributed by atoms with van der Waals surface area (Å²) in [7, 11) is -4.12. The largest absolute Gasteiger partial charge is 0.482 e. The molecule has 0 aliphatic carbocycles. The molecule has 0 aliphatic rings. The Labute approximate surface area is 131 Å². The van der Waals surface area contributed by atoms with E-state index in [-0.39, 0.29) is 17.7 Å². The summed E-state index contributed by atoms with van der Waals surface area (Å²) in [6.07, 6.45) is -0.739. The highest BCUT2D eigenvalue weighted by atomic mass is 31.2. The first-order valence-corrected chi connectivity index (χ1v) is 8.47. The zero-order valence-corrected chi connectivity index (χ0v) is 12.9. The topological polar surface area (TPSA) is 167 Å². The van der Waals surface area contributed by atoms with E-state index < -0.39 is 44.0 Å². The molecule has 0 saturated heterocycles. The van der Waals surface area contributed by atoms with Gasteiger partial charge >= 0.3 is 11.9 Å². The molecule has 0 fully saturated rings. The molecule has 6 N–H and O–H groups in total. The van der Waals surface area contributed by atoms with E-state index in [9.17, 15) is 24.2 Å². The molecule has 10 heteroatoms. The molecule has 0 saturated carbocycles. The van der Waals surface area contributed by atoms with Gasteiger partial charge in [-0.1, -0.05) is 12.1 Å². The van der Waals surface area contributed by atoms with Crippen LogP contribution in [0.4, 0.5) is 0 Å². The summed E-state index contributed by atoms with van der Waals surface area (Å²) in [5, 5.41) is 27.2. The van der Waals surface area contributed by atoms with E-state index in [0.29, 0.717) is 0 Å². The van der Waals surface area contributed by atoms with Gasteiger partial charge in [-0.15, -0.1) is 0 Å². The highest BCUT2D eigenvalue weighted by molar-refractivity contribution is 7.58. The van der Waals surface area contributed by atoms with E-state index in [4.69, 9.17) is 20.7 Å². The average molecular weight is 347 g/mol. The number of carboxylic acid groups (broad SMARTS) is 2. The Morgan fingerprint density at radius 3 is 2.52 bits per heavy atom. The molecule has 23 heavy (non-hydrogen) atoms. The molecule has 9 nitrogen and oxygen atoms in total. The van der Waals surface area contributed by atoms with Crippen molar-refractivity contribution in [3.63, 3.8) is 0 Å². The van der Waals surface area contributed by atoms with Crippen molar-refractivity contribution in [2.45, 2.75) is 18.3 Å². The number of aliphatic hydroxyl groups excluding tert-OH is 1. The first-order valence-electron chi connectivity index (χ1n) is 6.56. The Balaban J connectivity index is 2.80. The number of hydrogen-bond donors (Lipinski definition) is 5. The molecular formula is C13H18NO8P. The highest BCUT2D eigenvalue weighted by Gasteiger charge is 2.31. The third-order valence-corrected chi connectivity index (χ3v) is 4.94. The number of carbonyl (C=O) groups is 2. The summed E-state index contributed by atoms with van der Waals surface area (Å²) in [4.78, 5) is 30.9. The summed E-state index contributed by atoms with van der Waals surface area (Å²) >= 11 is 0. The summed E-state index contributed by atoms with van der Waals surface area (Å²) in [5.74, 6) is -4.13. The molecule has 3 atom stereocenters. The van der Waals surface area contributed by atoms with Gasteiger partial charge in [0.25, 0.3) is 0 Å². The van der Waals surface area contributed by atoms with E-state index in [2.05, 4.69) is 0 Å². The molecule has 1 aromatic carbocycles. The van der Waals surface area contributed by atoms with Crippen molar-refractivity contribution in [1.82, 2.24) is 0 Å². The molecule has 1 rings (SSSR count). The monoisotopic (exact) mass is 347 g/mol. The second-order valence-corrected chi connectivity index (χ2v) is 7.29. The van der Waals surface area contributed by atoms with Crippen LogP contribution in [0.2, 0.25) is 0 Å². The number of benzene rings is 1. The molecule has 0 aromatic heterocycles. The zero-order chi connectivity index (χ0) is 17.6. The number of rotatable bonds is 9. The zero-order valence-electron chi connectivity index (χ0n) is 12.0. The third-order valence-electron chi connectivity index (χ3n) is 2.98. The Kier molecular flexibility index (Phi) is 6.71. The number of hydrogen-bond acceptors (Lipinski definition) is 6. The minimum absolute atomic E-state index is 0.0580. The third kappa shape index (κ3) is 5.99. The first-order chi connectivity index (χ1) is 10.6. The fraction of sp³-hybridized carbons (Fsp3) is 0.385. The Hall–Kier alpha value is -1.93. The van der Waals surface area contributed by atoms with Gasteiger partial charge in [0.15, 0.2) is 12.5 Å². The van der Waals surface area contributed by atoms with Gasteiger partial charge in [-0.3, -0.25) is 9.36 Å². The van der Waals surface area contributed by atoms with E-state index in [1.807, 2.05) is 0 Å². The van der Waals surface area contributed by atoms with Crippen LogP contribution in [0.25, 0.3) is 0 Å². The summed E-state index contributed by atoms with van der Waals surface area (Å²) < 4.78 is 17.1. The molecular weight excluding hydrogens is 329 g/mol. The molecule has 1 aromatic rings. The van der Waals surface area contributed by atoms with Crippen LogP contribution in [-0.2, 0) is 14.2 Å². The molecule has 0 amide bonds. The molecule has 0 spiro atoms. The van der Waals surface area contributed by atoms with Crippen molar-refractivity contribution < 1.29 is 39.1 Å². The van der Waals surface area contributed by atoms with Crippen molar-refractivity contribution in [3.05, 3.63) is 29.8 Å². The van der Waals surface area contributed by atoms with Crippen LogP contribution < -0.4 is 10.5 Å². The molecule has 0 aliphatic heterocycles. The van der Waals surface area contributed by atoms with Gasteiger partial charge in [-0.25, -0.2) is 4.79 Å². The maximum Gasteiger partial charge on any atom is 0.341 e. The smallest absolute Gasteiger partial charge is 0.341 e. The highest BCUT2D eigenvalue weighted by Crippen LogP contribution is 2.54. The Bertz CT molecular complexity index is 620. The van der Waals surface area contributed by atoms with Crippen molar-refractivity contribution in [2.75, 3.05) is 12.8 Å². The average Bonchev–Trinajstić information content (AvgIpc) is 2.50. The predicted octanol–water partition coefficient (Wildman–Crippen LogP) is 0.213. The quantitative estimate of drug-likeness (QED) is 0.392. The number of aliphatic carboxylic acids is 2. The van der Waals surface area contributed by atoms with E-state index in [1.54, 1.807) is 0 Å². The summed E-state index contributed by atoms with van der Waals surface area (Å²) in [6, 6.07) is 4.18. The standard InChI is InChI=1S/C13H18NO8P/c14-10(12(17)18)4-5-23(20,21)13(19)8-2-1-3-9(6-8)22-7-11(15)16/h1-3,6,10,13,19H,4-5,7,14H2,(H,15,16)(H,17,18)(H,20,21)/t10-,13?/m1/s1. The fourth-order valence-corrected chi connectivity index (χ4v) is 3.23. The second kappa shape index (κ2) is 8.07. The maximum absolute atomic E-state index is 12.1. The van der Waals surface area contributed by atoms with Crippen LogP contribution in [0.5, 0.6) is 5.75 Å². The molecule has 0 radical (unpaired) electrons. The summed E-state index contributed by atoms with van der Waals surface area (Å²) in [6.45, 7) is -0.593. The van der Waals surface area contributed by atoms with Gasteiger partial charge < -0.3 is 30.7 Å². The van der Waals surface area contributed by atoms with Gasteiger partial charge in [0.1, 0.15) is 11.8 Å². The van der Waals surface area contributed by atoms with Crippen LogP contribution in [-0.4, -0.2) is 51.0 Å². The Morgan fingerprint density at radius 1 is 1.30 bits per heavy atom. The lowest BCUT2D eigenvalue weighted by molar-refractivity contribution is -0.139. The molecule has 0 heterocycles. The number of nitrogens with two attached hydrogens (primary N) is 1. The fourth-order valence-electron chi connectivity index (χ4n) is 1.71. The second-order valence-electron chi connectivity index (χ2n) is 4.84. The molecule has 2 unspecified atom stereocenters. The van der Waals surface area contributed by atoms with Gasteiger partial charge in [0.2, 0.25) is 7.37 Å². The lowest BCUT2D eigenvalue weighted by Crippen LogP contribution is -2.31. The lowest BCUT2D eigenvalue weighted by Gasteiger charge is -2.20. The van der Waals surface area contributed by atoms with Gasteiger partial charge in [0.05, 0.1) is 0 Å². The predicted molar refractivity (Wildman–Crippen MR) is 79.5 cm³/mol. The van der Waals surface area contributed by atoms with Gasteiger partial charge in [-0.05, 0) is 24.1 Å². The lowest BCUT2D eigenvalue weighted by atomic mass is 10.2. The minimum atomic E-state index is -4.12. The number of ether oxygens (including phenoxy) is 1. The van der Waals surface area contributed by atoms with Crippen LogP contribution in [0.1, 0.15) is 17.8 Å². The molecule has 0 bridgehead atoms. The Morgan fingerprint density at radius 2 is 1.96 bits per heavy atom. The van der Waals surface area contributed by atoms with Crippen molar-refractivity contribution >= 4 is 19.3 Å². The minimum Gasteiger partial charge on any atom is -0.482 e. The number of carboxylic acids is 2. The summed E-state index contributed by atoms with van der Waals surface area (Å²) in [5.41, 5.74) is 5.32. The van der Waals surface area contributed by atoms with Crippen LogP contribution in [0.15, 0.2) is 24.3 Å². The first kappa shape index (κ1) is 19.1. The van der Waals surface area contributed by atoms with Crippen LogP contribution >= 0.6 is 7.37 Å². The van der Waals surface area contributed by atoms with E-state index >= 15 is 0 Å². The van der Waals surface area contributed by atoms with Crippen LogP contribution in [0, 0.1) is 0 Å². The normalized spacial score (nSPS) is 16.1. The SMILES string of the molecule is N[C@H](CCP(=O)(O)C(O)c1cccc(OCC(=O)O)c1)C(=O)O. The maximum atomic E-state index is 12.1. The van der Waals surface area contributed by atoms with E-state index in [0.717, 1.165) is 0 Å². The van der Waals surface area contributed by atoms with Crippen molar-refractivity contribution in [2.24, 2.45) is 5.73 Å². The van der Waals surface area contributed by atoms with Gasteiger partial charge in [0, 0.05) is 6.16 Å². The van der Waals surface area contributed by atoms with Crippen molar-refractivity contribution in [3.8, 4) is 5.75 Å². The van der Waals surface area contributed by atoms with Crippen LogP contribution in [0.3, 0.4) is 0 Å². The van der Waals surface area contributed by atoms with Crippen molar-refractivity contribution in [1.29, 1.82) is 0 Å². The van der Waals surface area contributed by atoms with E-state index in [1.165, 1.54) is 24.3 Å². The van der Waals surface area contributed by atoms with Gasteiger partial charge in [-0.2, -0.15) is 0 Å².